The SMILES string of the molecule is O=c1[nH]c(Cn2cc([N+](=O)[O-])ccc2=O)nc2ccc(Cl)cc12. The summed E-state index contributed by atoms with van der Waals surface area (Å²) in [6.45, 7) is -0.0890. The van der Waals surface area contributed by atoms with Crippen LogP contribution >= 0.6 is 11.6 Å². The number of pyridine rings is 1. The van der Waals surface area contributed by atoms with Gasteiger partial charge in [0, 0.05) is 17.2 Å². The number of nitrogens with zero attached hydrogens (tertiary/aromatic N) is 3. The molecule has 0 saturated heterocycles. The number of aromatic amines is 1. The standard InChI is InChI=1S/C14H9ClN4O4/c15-8-1-3-11-10(5-8)14(21)17-12(16-11)7-18-6-9(19(22)23)2-4-13(18)20/h1-6H,7H2,(H,16,17,21). The van der Waals surface area contributed by atoms with Gasteiger partial charge in [-0.1, -0.05) is 11.6 Å². The van der Waals surface area contributed by atoms with Gasteiger partial charge in [-0.25, -0.2) is 4.98 Å². The van der Waals surface area contributed by atoms with Crippen LogP contribution in [0.3, 0.4) is 0 Å². The average molecular weight is 333 g/mol. The van der Waals surface area contributed by atoms with Crippen molar-refractivity contribution in [2.24, 2.45) is 0 Å². The molecule has 0 atom stereocenters. The van der Waals surface area contributed by atoms with Gasteiger partial charge in [-0.3, -0.25) is 19.7 Å². The van der Waals surface area contributed by atoms with Crippen LogP contribution in [0.25, 0.3) is 10.9 Å². The van der Waals surface area contributed by atoms with Crippen molar-refractivity contribution in [3.63, 3.8) is 0 Å². The molecular formula is C14H9ClN4O4. The van der Waals surface area contributed by atoms with Gasteiger partial charge in [-0.15, -0.1) is 0 Å². The van der Waals surface area contributed by atoms with E-state index in [0.29, 0.717) is 15.9 Å². The summed E-state index contributed by atoms with van der Waals surface area (Å²) in [7, 11) is 0. The van der Waals surface area contributed by atoms with E-state index >= 15 is 0 Å². The minimum atomic E-state index is -0.603. The summed E-state index contributed by atoms with van der Waals surface area (Å²) in [5.74, 6) is 0.215. The normalized spacial score (nSPS) is 10.8. The number of halogens is 1. The number of hydrogen-bond acceptors (Lipinski definition) is 5. The van der Waals surface area contributed by atoms with Crippen molar-refractivity contribution in [3.8, 4) is 0 Å². The van der Waals surface area contributed by atoms with Crippen molar-refractivity contribution in [1.29, 1.82) is 0 Å². The summed E-state index contributed by atoms with van der Waals surface area (Å²) >= 11 is 5.84. The first-order valence-corrected chi connectivity index (χ1v) is 6.85. The molecular weight excluding hydrogens is 324 g/mol. The van der Waals surface area contributed by atoms with Crippen molar-refractivity contribution < 1.29 is 4.92 Å². The molecule has 0 radical (unpaired) electrons. The highest BCUT2D eigenvalue weighted by molar-refractivity contribution is 6.31. The zero-order valence-corrected chi connectivity index (χ0v) is 12.3. The lowest BCUT2D eigenvalue weighted by atomic mass is 10.2. The van der Waals surface area contributed by atoms with E-state index in [1.165, 1.54) is 6.07 Å². The summed E-state index contributed by atoms with van der Waals surface area (Å²) in [5, 5.41) is 11.5. The lowest BCUT2D eigenvalue weighted by Crippen LogP contribution is -2.22. The predicted octanol–water partition coefficient (Wildman–Crippen LogP) is 1.69. The Morgan fingerprint density at radius 1 is 1.26 bits per heavy atom. The Bertz CT molecular complexity index is 1040. The van der Waals surface area contributed by atoms with Gasteiger partial charge >= 0.3 is 0 Å². The monoisotopic (exact) mass is 332 g/mol. The second kappa shape index (κ2) is 5.65. The summed E-state index contributed by atoms with van der Waals surface area (Å²) in [4.78, 5) is 40.8. The summed E-state index contributed by atoms with van der Waals surface area (Å²) in [6, 6.07) is 6.90. The first-order chi connectivity index (χ1) is 10.9. The molecule has 0 aliphatic heterocycles. The number of nitro groups is 1. The summed E-state index contributed by atoms with van der Waals surface area (Å²) in [5.41, 5.74) is -0.633. The number of rotatable bonds is 3. The van der Waals surface area contributed by atoms with Crippen molar-refractivity contribution in [3.05, 3.63) is 78.2 Å². The second-order valence-corrected chi connectivity index (χ2v) is 5.22. The lowest BCUT2D eigenvalue weighted by molar-refractivity contribution is -0.385. The average Bonchev–Trinajstić information content (AvgIpc) is 2.50. The van der Waals surface area contributed by atoms with Gasteiger partial charge in [0.05, 0.1) is 28.6 Å². The van der Waals surface area contributed by atoms with Gasteiger partial charge in [0.2, 0.25) is 0 Å². The molecule has 2 heterocycles. The van der Waals surface area contributed by atoms with Gasteiger partial charge in [0.25, 0.3) is 16.8 Å². The number of H-pyrrole nitrogens is 1. The smallest absolute Gasteiger partial charge is 0.285 e. The molecule has 0 amide bonds. The highest BCUT2D eigenvalue weighted by Crippen LogP contribution is 2.14. The van der Waals surface area contributed by atoms with Gasteiger partial charge in [0.15, 0.2) is 0 Å². The van der Waals surface area contributed by atoms with Crippen LogP contribution in [-0.2, 0) is 6.54 Å². The molecule has 0 saturated carbocycles. The van der Waals surface area contributed by atoms with Crippen molar-refractivity contribution in [2.45, 2.75) is 6.54 Å². The van der Waals surface area contributed by atoms with E-state index in [1.807, 2.05) is 0 Å². The fraction of sp³-hybridized carbons (Fsp3) is 0.0714. The van der Waals surface area contributed by atoms with Crippen LogP contribution in [0.1, 0.15) is 5.82 Å². The number of benzene rings is 1. The molecule has 0 spiro atoms. The van der Waals surface area contributed by atoms with Crippen LogP contribution in [-0.4, -0.2) is 19.5 Å². The first kappa shape index (κ1) is 14.9. The Labute approximate surface area is 133 Å². The number of aromatic nitrogens is 3. The highest BCUT2D eigenvalue weighted by atomic mass is 35.5. The predicted molar refractivity (Wildman–Crippen MR) is 83.8 cm³/mol. The number of nitrogens with one attached hydrogen (secondary N) is 1. The Morgan fingerprint density at radius 2 is 2.04 bits per heavy atom. The van der Waals surface area contributed by atoms with Crippen LogP contribution in [0.2, 0.25) is 5.02 Å². The Morgan fingerprint density at radius 3 is 2.78 bits per heavy atom. The molecule has 0 fully saturated rings. The van der Waals surface area contributed by atoms with Gasteiger partial charge in [0.1, 0.15) is 5.82 Å². The number of hydrogen-bond donors (Lipinski definition) is 1. The summed E-state index contributed by atoms with van der Waals surface area (Å²) in [6.07, 6.45) is 1.11. The van der Waals surface area contributed by atoms with Crippen LogP contribution in [0.5, 0.6) is 0 Å². The quantitative estimate of drug-likeness (QED) is 0.579. The van der Waals surface area contributed by atoms with E-state index in [-0.39, 0.29) is 18.1 Å². The van der Waals surface area contributed by atoms with Crippen LogP contribution in [0, 0.1) is 10.1 Å². The Balaban J connectivity index is 2.07. The maximum absolute atomic E-state index is 12.1. The van der Waals surface area contributed by atoms with E-state index in [1.54, 1.807) is 12.1 Å². The fourth-order valence-corrected chi connectivity index (χ4v) is 2.32. The number of fused-ring (bicyclic) bond motifs is 1. The molecule has 3 rings (SSSR count). The molecule has 0 bridgehead atoms. The molecule has 1 N–H and O–H groups in total. The largest absolute Gasteiger partial charge is 0.308 e. The fourth-order valence-electron chi connectivity index (χ4n) is 2.15. The van der Waals surface area contributed by atoms with E-state index < -0.39 is 16.0 Å². The Kier molecular flexibility index (Phi) is 3.67. The third kappa shape index (κ3) is 2.97. The molecule has 0 aliphatic carbocycles. The minimum absolute atomic E-state index is 0.0890. The van der Waals surface area contributed by atoms with E-state index in [4.69, 9.17) is 11.6 Å². The van der Waals surface area contributed by atoms with Crippen molar-refractivity contribution in [2.75, 3.05) is 0 Å². The van der Waals surface area contributed by atoms with Crippen LogP contribution in [0.15, 0.2) is 46.1 Å². The van der Waals surface area contributed by atoms with Crippen molar-refractivity contribution >= 4 is 28.2 Å². The summed E-state index contributed by atoms with van der Waals surface area (Å²) < 4.78 is 1.11. The highest BCUT2D eigenvalue weighted by Gasteiger charge is 2.10. The second-order valence-electron chi connectivity index (χ2n) is 4.78. The van der Waals surface area contributed by atoms with E-state index in [9.17, 15) is 19.7 Å². The van der Waals surface area contributed by atoms with E-state index in [2.05, 4.69) is 9.97 Å². The molecule has 8 nitrogen and oxygen atoms in total. The molecule has 23 heavy (non-hydrogen) atoms. The first-order valence-electron chi connectivity index (χ1n) is 6.47. The van der Waals surface area contributed by atoms with Crippen LogP contribution in [0.4, 0.5) is 5.69 Å². The van der Waals surface area contributed by atoms with Crippen molar-refractivity contribution in [1.82, 2.24) is 14.5 Å². The van der Waals surface area contributed by atoms with Gasteiger partial charge in [-0.2, -0.15) is 0 Å². The lowest BCUT2D eigenvalue weighted by Gasteiger charge is -2.06. The molecule has 2 aromatic heterocycles. The topological polar surface area (TPSA) is 111 Å². The van der Waals surface area contributed by atoms with Crippen LogP contribution < -0.4 is 11.1 Å². The van der Waals surface area contributed by atoms with E-state index in [0.717, 1.165) is 22.9 Å². The third-order valence-electron chi connectivity index (χ3n) is 3.22. The molecule has 0 unspecified atom stereocenters. The molecule has 9 heteroatoms. The molecule has 0 aliphatic rings. The maximum atomic E-state index is 12.1. The molecule has 1 aromatic carbocycles. The minimum Gasteiger partial charge on any atom is -0.308 e. The Hall–Kier alpha value is -3.00. The van der Waals surface area contributed by atoms with Gasteiger partial charge in [-0.05, 0) is 18.2 Å². The zero-order chi connectivity index (χ0) is 16.6. The molecule has 116 valence electrons. The zero-order valence-electron chi connectivity index (χ0n) is 11.5. The maximum Gasteiger partial charge on any atom is 0.285 e. The molecule has 3 aromatic rings. The van der Waals surface area contributed by atoms with Gasteiger partial charge < -0.3 is 9.55 Å². The third-order valence-corrected chi connectivity index (χ3v) is 3.45.